The number of carbonyl (C=O) groups excluding carboxylic acids is 4. The lowest BCUT2D eigenvalue weighted by Crippen LogP contribution is -2.56. The second-order valence-corrected chi connectivity index (χ2v) is 10.7. The number of ketones is 1. The van der Waals surface area contributed by atoms with Crippen LogP contribution in [0.5, 0.6) is 0 Å². The molecular formula is C36H37N3O5. The average Bonchev–Trinajstić information content (AvgIpc) is 3.05. The molecule has 0 aliphatic carbocycles. The lowest BCUT2D eigenvalue weighted by atomic mass is 9.97. The molecule has 0 aromatic heterocycles. The van der Waals surface area contributed by atoms with E-state index in [9.17, 15) is 19.2 Å². The molecule has 0 heterocycles. The summed E-state index contributed by atoms with van der Waals surface area (Å²) in [6, 6.07) is 33.6. The molecule has 2 atom stereocenters. The molecule has 0 aliphatic heterocycles. The van der Waals surface area contributed by atoms with E-state index in [1.165, 1.54) is 0 Å². The van der Waals surface area contributed by atoms with E-state index in [4.69, 9.17) is 4.74 Å². The van der Waals surface area contributed by atoms with Crippen molar-refractivity contribution >= 4 is 23.7 Å². The van der Waals surface area contributed by atoms with Gasteiger partial charge in [-0.3, -0.25) is 14.4 Å². The fourth-order valence-corrected chi connectivity index (χ4v) is 4.73. The molecule has 0 unspecified atom stereocenters. The van der Waals surface area contributed by atoms with E-state index in [0.29, 0.717) is 0 Å². The van der Waals surface area contributed by atoms with E-state index in [2.05, 4.69) is 16.0 Å². The average molecular weight is 592 g/mol. The standard InChI is InChI=1S/C36H37N3O5/c1-25(2)32(33(40)35(42)37-23-29-20-12-13-21-30(29)28-18-10-5-11-19-28)39-34(41)31(22-26-14-6-3-7-15-26)38-36(43)44-24-27-16-8-4-9-17-27/h3-21,25,31-32H,22-24H2,1-2H3,(H,37,42)(H,38,43)(H,39,41)/t31-,32-/m0/s1. The van der Waals surface area contributed by atoms with Crippen LogP contribution in [0.1, 0.15) is 30.5 Å². The molecule has 0 saturated carbocycles. The van der Waals surface area contributed by atoms with Crippen LogP contribution in [0.25, 0.3) is 11.1 Å². The van der Waals surface area contributed by atoms with Crippen LogP contribution in [0.3, 0.4) is 0 Å². The number of nitrogens with one attached hydrogen (secondary N) is 3. The first kappa shape index (κ1) is 31.7. The van der Waals surface area contributed by atoms with Crippen molar-refractivity contribution in [2.24, 2.45) is 5.92 Å². The summed E-state index contributed by atoms with van der Waals surface area (Å²) in [6.45, 7) is 3.66. The van der Waals surface area contributed by atoms with Gasteiger partial charge in [0.15, 0.2) is 0 Å². The van der Waals surface area contributed by atoms with Crippen molar-refractivity contribution in [3.8, 4) is 11.1 Å². The molecule has 4 rings (SSSR count). The van der Waals surface area contributed by atoms with E-state index >= 15 is 0 Å². The van der Waals surface area contributed by atoms with Crippen LogP contribution < -0.4 is 16.0 Å². The fraction of sp³-hybridized carbons (Fsp3) is 0.222. The van der Waals surface area contributed by atoms with Crippen LogP contribution in [-0.2, 0) is 38.7 Å². The summed E-state index contributed by atoms with van der Waals surface area (Å²) in [7, 11) is 0. The predicted octanol–water partition coefficient (Wildman–Crippen LogP) is 5.22. The smallest absolute Gasteiger partial charge is 0.408 e. The Morgan fingerprint density at radius 3 is 1.89 bits per heavy atom. The van der Waals surface area contributed by atoms with Crippen molar-refractivity contribution in [3.05, 3.63) is 132 Å². The maximum absolute atomic E-state index is 13.5. The highest BCUT2D eigenvalue weighted by Gasteiger charge is 2.32. The first-order chi connectivity index (χ1) is 21.3. The zero-order valence-electron chi connectivity index (χ0n) is 24.9. The Labute approximate surface area is 257 Å². The van der Waals surface area contributed by atoms with Gasteiger partial charge in [0.25, 0.3) is 5.91 Å². The maximum Gasteiger partial charge on any atom is 0.408 e. The third-order valence-electron chi connectivity index (χ3n) is 7.12. The third-order valence-corrected chi connectivity index (χ3v) is 7.12. The molecule has 226 valence electrons. The molecule has 0 radical (unpaired) electrons. The van der Waals surface area contributed by atoms with Gasteiger partial charge in [-0.1, -0.05) is 129 Å². The van der Waals surface area contributed by atoms with E-state index in [0.717, 1.165) is 27.8 Å². The van der Waals surface area contributed by atoms with Gasteiger partial charge >= 0.3 is 6.09 Å². The van der Waals surface area contributed by atoms with Gasteiger partial charge in [0.1, 0.15) is 12.6 Å². The Bertz CT molecular complexity index is 1540. The molecule has 0 bridgehead atoms. The lowest BCUT2D eigenvalue weighted by Gasteiger charge is -2.25. The van der Waals surface area contributed by atoms with Gasteiger partial charge in [0.05, 0.1) is 6.04 Å². The monoisotopic (exact) mass is 591 g/mol. The van der Waals surface area contributed by atoms with Crippen molar-refractivity contribution in [1.29, 1.82) is 0 Å². The maximum atomic E-state index is 13.5. The fourth-order valence-electron chi connectivity index (χ4n) is 4.73. The quantitative estimate of drug-likeness (QED) is 0.185. The zero-order valence-corrected chi connectivity index (χ0v) is 24.9. The summed E-state index contributed by atoms with van der Waals surface area (Å²) >= 11 is 0. The summed E-state index contributed by atoms with van der Waals surface area (Å²) in [5.74, 6) is -2.56. The molecular weight excluding hydrogens is 554 g/mol. The summed E-state index contributed by atoms with van der Waals surface area (Å²) in [6.07, 6.45) is -0.610. The second kappa shape index (κ2) is 15.8. The van der Waals surface area contributed by atoms with Crippen molar-refractivity contribution in [2.75, 3.05) is 0 Å². The van der Waals surface area contributed by atoms with Crippen LogP contribution in [0.15, 0.2) is 115 Å². The van der Waals surface area contributed by atoms with Crippen LogP contribution in [0.2, 0.25) is 0 Å². The van der Waals surface area contributed by atoms with Crippen molar-refractivity contribution in [2.45, 2.75) is 45.5 Å². The highest BCUT2D eigenvalue weighted by molar-refractivity contribution is 6.38. The van der Waals surface area contributed by atoms with Crippen LogP contribution in [-0.4, -0.2) is 35.8 Å². The Morgan fingerprint density at radius 2 is 1.25 bits per heavy atom. The van der Waals surface area contributed by atoms with E-state index in [-0.39, 0.29) is 19.6 Å². The lowest BCUT2D eigenvalue weighted by molar-refractivity contribution is -0.141. The largest absolute Gasteiger partial charge is 0.445 e. The summed E-state index contributed by atoms with van der Waals surface area (Å²) in [5.41, 5.74) is 4.40. The number of benzene rings is 4. The molecule has 4 aromatic carbocycles. The van der Waals surface area contributed by atoms with Crippen molar-refractivity contribution < 1.29 is 23.9 Å². The normalized spacial score (nSPS) is 12.1. The third kappa shape index (κ3) is 9.13. The summed E-state index contributed by atoms with van der Waals surface area (Å²) < 4.78 is 5.34. The number of Topliss-reactive ketones (excluding diaryl/α,β-unsaturated/α-hetero) is 1. The Balaban J connectivity index is 1.42. The molecule has 8 heteroatoms. The van der Waals surface area contributed by atoms with E-state index < -0.39 is 41.7 Å². The van der Waals surface area contributed by atoms with Gasteiger partial charge in [-0.05, 0) is 33.7 Å². The number of rotatable bonds is 13. The number of alkyl carbamates (subject to hydrolysis) is 1. The number of ether oxygens (including phenoxy) is 1. The molecule has 44 heavy (non-hydrogen) atoms. The Hall–Kier alpha value is -5.24. The van der Waals surface area contributed by atoms with Gasteiger partial charge in [0.2, 0.25) is 11.7 Å². The molecule has 0 spiro atoms. The van der Waals surface area contributed by atoms with Gasteiger partial charge in [-0.25, -0.2) is 4.79 Å². The number of hydrogen-bond acceptors (Lipinski definition) is 5. The van der Waals surface area contributed by atoms with Crippen LogP contribution >= 0.6 is 0 Å². The molecule has 3 N–H and O–H groups in total. The Morgan fingerprint density at radius 1 is 0.682 bits per heavy atom. The summed E-state index contributed by atoms with van der Waals surface area (Å²) in [4.78, 5) is 52.6. The highest BCUT2D eigenvalue weighted by atomic mass is 16.5. The minimum atomic E-state index is -1.10. The van der Waals surface area contributed by atoms with Crippen LogP contribution in [0.4, 0.5) is 4.79 Å². The van der Waals surface area contributed by atoms with Gasteiger partial charge in [-0.15, -0.1) is 0 Å². The first-order valence-electron chi connectivity index (χ1n) is 14.6. The minimum absolute atomic E-state index is 0.0347. The Kier molecular flexibility index (Phi) is 11.4. The number of hydrogen-bond donors (Lipinski definition) is 3. The van der Waals surface area contributed by atoms with E-state index in [1.807, 2.05) is 115 Å². The zero-order chi connectivity index (χ0) is 31.3. The van der Waals surface area contributed by atoms with E-state index in [1.54, 1.807) is 13.8 Å². The van der Waals surface area contributed by atoms with Crippen molar-refractivity contribution in [1.82, 2.24) is 16.0 Å². The molecule has 0 aliphatic rings. The molecule has 0 fully saturated rings. The topological polar surface area (TPSA) is 114 Å². The molecule has 3 amide bonds. The minimum Gasteiger partial charge on any atom is -0.445 e. The SMILES string of the molecule is CC(C)[C@H](NC(=O)[C@H](Cc1ccccc1)NC(=O)OCc1ccccc1)C(=O)C(=O)NCc1ccccc1-c1ccccc1. The molecule has 8 nitrogen and oxygen atoms in total. The second-order valence-electron chi connectivity index (χ2n) is 10.7. The predicted molar refractivity (Wildman–Crippen MR) is 169 cm³/mol. The summed E-state index contributed by atoms with van der Waals surface area (Å²) in [5, 5.41) is 8.07. The molecule has 0 saturated heterocycles. The number of amides is 3. The van der Waals surface area contributed by atoms with Crippen LogP contribution in [0, 0.1) is 5.92 Å². The van der Waals surface area contributed by atoms with Crippen molar-refractivity contribution in [3.63, 3.8) is 0 Å². The van der Waals surface area contributed by atoms with Gasteiger partial charge in [-0.2, -0.15) is 0 Å². The molecule has 4 aromatic rings. The number of carbonyl (C=O) groups is 4. The first-order valence-corrected chi connectivity index (χ1v) is 14.6. The van der Waals surface area contributed by atoms with Gasteiger partial charge in [0, 0.05) is 13.0 Å². The highest BCUT2D eigenvalue weighted by Crippen LogP contribution is 2.23. The van der Waals surface area contributed by atoms with Gasteiger partial charge < -0.3 is 20.7 Å².